The van der Waals surface area contributed by atoms with E-state index in [0.29, 0.717) is 89.0 Å². The topological polar surface area (TPSA) is 758 Å². The van der Waals surface area contributed by atoms with E-state index in [1.165, 1.54) is 124 Å². The minimum absolute atomic E-state index is 0.0405. The van der Waals surface area contributed by atoms with E-state index in [2.05, 4.69) is 39.9 Å². The molecule has 8 aliphatic rings. The molecule has 832 valence electrons. The molecule has 4 aromatic rings. The molecule has 0 bridgehead atoms. The minimum atomic E-state index is -1.49. The third-order valence-corrected chi connectivity index (χ3v) is 28.5. The molecule has 0 aliphatic carbocycles. The van der Waals surface area contributed by atoms with Gasteiger partial charge < -0.3 is 197 Å². The van der Waals surface area contributed by atoms with Gasteiger partial charge in [-0.25, -0.2) is 19.9 Å². The highest BCUT2D eigenvalue weighted by Gasteiger charge is 2.49. The highest BCUT2D eigenvalue weighted by molar-refractivity contribution is 8.15. The maximum absolute atomic E-state index is 11.8. The molecule has 52 nitrogen and oxygen atoms in total. The molecule has 0 spiro atoms. The third kappa shape index (κ3) is 36.3. The second-order valence-electron chi connectivity index (χ2n) is 34.9. The number of Topliss-reactive ketones (excluding diaryl/α,β-unsaturated/α-hetero) is 4. The molecule has 12 rings (SSSR count). The Labute approximate surface area is 868 Å². The minimum Gasteiger partial charge on any atom is -0.505 e. The van der Waals surface area contributed by atoms with Gasteiger partial charge in [-0.05, 0) is 55.4 Å². The van der Waals surface area contributed by atoms with Gasteiger partial charge in [0.2, 0.25) is 0 Å². The van der Waals surface area contributed by atoms with Crippen molar-refractivity contribution in [2.24, 2.45) is 20.0 Å². The molecule has 4 fully saturated rings. The van der Waals surface area contributed by atoms with Crippen LogP contribution in [0, 0.1) is 0 Å². The van der Waals surface area contributed by atoms with Gasteiger partial charge in [0.25, 0.3) is 0 Å². The van der Waals surface area contributed by atoms with Crippen molar-refractivity contribution in [1.29, 1.82) is 0 Å². The van der Waals surface area contributed by atoms with Crippen molar-refractivity contribution >= 4 is 90.4 Å². The van der Waals surface area contributed by atoms with Crippen LogP contribution in [0.1, 0.15) is 78.2 Å². The number of ketones is 4. The molecule has 0 radical (unpaired) electrons. The first kappa shape index (κ1) is 124. The number of aliphatic hydroxyl groups excluding tert-OH is 16. The van der Waals surface area contributed by atoms with E-state index in [-0.39, 0.29) is 205 Å². The van der Waals surface area contributed by atoms with Gasteiger partial charge in [0, 0.05) is 47.3 Å². The van der Waals surface area contributed by atoms with Gasteiger partial charge in [-0.2, -0.15) is 0 Å². The zero-order valence-electron chi connectivity index (χ0n) is 82.7. The quantitative estimate of drug-likeness (QED) is 0.0185. The molecule has 8 aliphatic heterocycles. The molecule has 4 saturated heterocycles. The van der Waals surface area contributed by atoms with Crippen LogP contribution < -0.4 is 18.9 Å². The number of pyridine rings is 4. The van der Waals surface area contributed by atoms with E-state index in [1.54, 1.807) is 27.7 Å². The summed E-state index contributed by atoms with van der Waals surface area (Å²) in [7, 11) is 0. The van der Waals surface area contributed by atoms with Gasteiger partial charge in [-0.1, -0.05) is 0 Å². The fourth-order valence-corrected chi connectivity index (χ4v) is 18.8. The van der Waals surface area contributed by atoms with E-state index in [1.807, 2.05) is 0 Å². The van der Waals surface area contributed by atoms with Crippen molar-refractivity contribution in [2.75, 3.05) is 208 Å². The van der Waals surface area contributed by atoms with Crippen LogP contribution in [0.25, 0.3) is 0 Å². The van der Waals surface area contributed by atoms with Crippen molar-refractivity contribution in [3.63, 3.8) is 0 Å². The number of aliphatic hydroxyl groups is 16. The summed E-state index contributed by atoms with van der Waals surface area (Å²) in [5.74, 6) is 2.97. The van der Waals surface area contributed by atoms with Gasteiger partial charge >= 0.3 is 0 Å². The van der Waals surface area contributed by atoms with Crippen LogP contribution in [0.15, 0.2) is 69.0 Å². The summed E-state index contributed by atoms with van der Waals surface area (Å²) in [4.78, 5) is 81.7. The first-order chi connectivity index (χ1) is 70.6. The normalized spacial score (nSPS) is 29.8. The fraction of sp³-hybridized carbons (Fsp3) is 0.696. The second kappa shape index (κ2) is 61.5. The first-order valence-electron chi connectivity index (χ1n) is 47.2. The summed E-state index contributed by atoms with van der Waals surface area (Å²) < 4.78 is 108. The highest BCUT2D eigenvalue weighted by atomic mass is 32.2. The van der Waals surface area contributed by atoms with Crippen LogP contribution in [0.4, 0.5) is 0 Å². The van der Waals surface area contributed by atoms with Crippen LogP contribution in [0.3, 0.4) is 0 Å². The first-order valence-corrected chi connectivity index (χ1v) is 51.1. The van der Waals surface area contributed by atoms with E-state index in [4.69, 9.17) is 115 Å². The van der Waals surface area contributed by atoms with Crippen molar-refractivity contribution in [1.82, 2.24) is 19.9 Å². The van der Waals surface area contributed by atoms with Gasteiger partial charge in [0.1, 0.15) is 235 Å². The number of hydrogen-bond donors (Lipinski definition) is 20. The number of carbonyl (C=O) groups is 4. The standard InChI is InChI=1S/4C23H34N2O11S/c4*1-13(27)23(2)12-37-21(25-23)17-15(28)9-14(10-24-17)34-7-5-32-3-4-33-6-8-35-22-20(31)19(30)18(29)16(11-26)36-22/h4*9-10,16,18-20,22,26,28-31H,3-8,11-12H2,1-2H3/t16?,18-,19?,20+,22+,23+;16?,18-,19?,20+,22+,23-;16?,18-,19?,20+,22-,23+;16?,18-,19?,20+,22-,23-/m0101/s1. The number of aromatic nitrogens is 4. The van der Waals surface area contributed by atoms with Crippen LogP contribution in [-0.4, -0.2) is 518 Å². The fourth-order valence-electron chi connectivity index (χ4n) is 13.8. The molecular formula is C92H136N8O44S4. The Kier molecular flexibility index (Phi) is 51.5. The molecule has 12 heterocycles. The Balaban J connectivity index is 0.000000219. The number of carbonyl (C=O) groups excluding carboxylic acids is 4. The lowest BCUT2D eigenvalue weighted by atomic mass is 9.99. The van der Waals surface area contributed by atoms with E-state index in [0.717, 1.165) is 0 Å². The van der Waals surface area contributed by atoms with Crippen LogP contribution in [-0.2, 0) is 95.0 Å². The molecule has 0 amide bonds. The summed E-state index contributed by atoms with van der Waals surface area (Å²) >= 11 is 5.49. The molecule has 4 aromatic heterocycles. The third-order valence-electron chi connectivity index (χ3n) is 23.5. The lowest BCUT2D eigenvalue weighted by Crippen LogP contribution is -2.59. The summed E-state index contributed by atoms with van der Waals surface area (Å²) in [6, 6.07) is 5.75. The Hall–Kier alpha value is -7.52. The van der Waals surface area contributed by atoms with Crippen LogP contribution in [0.2, 0.25) is 0 Å². The molecule has 24 atom stereocenters. The predicted octanol–water partition coefficient (Wildman–Crippen LogP) is -4.57. The van der Waals surface area contributed by atoms with E-state index < -0.39 is 171 Å². The second-order valence-corrected chi connectivity index (χ2v) is 38.7. The molecule has 0 saturated carbocycles. The lowest BCUT2D eigenvalue weighted by molar-refractivity contribution is -0.302. The zero-order valence-corrected chi connectivity index (χ0v) is 86.0. The Morgan fingerprint density at radius 3 is 0.601 bits per heavy atom. The van der Waals surface area contributed by atoms with E-state index >= 15 is 0 Å². The summed E-state index contributed by atoms with van der Waals surface area (Å²) in [6.07, 6.45) is -20.5. The maximum Gasteiger partial charge on any atom is 0.186 e. The number of thioether (sulfide) groups is 4. The zero-order chi connectivity index (χ0) is 108. The van der Waals surface area contributed by atoms with Crippen LogP contribution in [0.5, 0.6) is 46.0 Å². The average Bonchev–Trinajstić information content (AvgIpc) is 1.76. The molecule has 148 heavy (non-hydrogen) atoms. The lowest BCUT2D eigenvalue weighted by Gasteiger charge is -2.39. The van der Waals surface area contributed by atoms with Crippen molar-refractivity contribution in [2.45, 2.75) is 200 Å². The molecule has 56 heteroatoms. The summed E-state index contributed by atoms with van der Waals surface area (Å²) in [6.45, 7) is 16.0. The smallest absolute Gasteiger partial charge is 0.186 e. The van der Waals surface area contributed by atoms with Crippen molar-refractivity contribution < 1.29 is 216 Å². The SMILES string of the molecule is CC(=O)[C@@]1(C)CSC(c2ncc(OCCOCCOCCO[C@@H]3OC(CO)[C@@H](O)C(O)[C@@H]3O)cc2O)=N1.CC(=O)[C@@]1(C)CSC(c2ncc(OCCOCCOCCO[C@@H]3OC(CO)[C@H](O)C(O)[C@H]3O)cc2O)=N1.CC(=O)[C@@]1(C)CSC(c2ncc(OCCOCCOCCO[C@H]3OC(CO)[C@@H](O)C(O)[C@@H]3O)cc2O)=N1.CC(=O)[C@@]1(C)CSC(c2ncc(OCCOCCOCCO[C@H]3OC(CO)[C@H](O)C(O)[C@H]3O)cc2O)=N1. The Morgan fingerprint density at radius 1 is 0.277 bits per heavy atom. The van der Waals surface area contributed by atoms with E-state index in [9.17, 15) is 101 Å². The Morgan fingerprint density at radius 2 is 0.446 bits per heavy atom. The van der Waals surface area contributed by atoms with Crippen molar-refractivity contribution in [3.8, 4) is 46.0 Å². The number of rotatable bonds is 56. The number of aromatic hydroxyl groups is 4. The van der Waals surface area contributed by atoms with Crippen LogP contribution >= 0.6 is 47.0 Å². The monoisotopic (exact) mass is 2180 g/mol. The molecule has 20 N–H and O–H groups in total. The number of ether oxygens (including phenoxy) is 20. The average molecular weight is 2190 g/mol. The molecule has 8 unspecified atom stereocenters. The Bertz CT molecular complexity index is 4330. The highest BCUT2D eigenvalue weighted by Crippen LogP contribution is 2.40. The maximum atomic E-state index is 11.8. The largest absolute Gasteiger partial charge is 0.505 e. The summed E-state index contributed by atoms with van der Waals surface area (Å²) in [5.41, 5.74) is -1.97. The van der Waals surface area contributed by atoms with Gasteiger partial charge in [0.15, 0.2) is 48.3 Å². The van der Waals surface area contributed by atoms with Gasteiger partial charge in [-0.3, -0.25) is 39.1 Å². The molecule has 0 aromatic carbocycles. The van der Waals surface area contributed by atoms with Crippen molar-refractivity contribution in [3.05, 3.63) is 71.8 Å². The van der Waals surface area contributed by atoms with Gasteiger partial charge in [0.05, 0.1) is 183 Å². The molecular weight excluding hydrogens is 2050 g/mol. The predicted molar refractivity (Wildman–Crippen MR) is 523 cm³/mol. The number of aliphatic imine (C=N–C) groups is 4. The summed E-state index contributed by atoms with van der Waals surface area (Å²) in [5, 5.41) is 197. The number of hydrogen-bond acceptors (Lipinski definition) is 56. The van der Waals surface area contributed by atoms with Gasteiger partial charge in [-0.15, -0.1) is 47.0 Å². The number of nitrogens with zero attached hydrogens (tertiary/aromatic N) is 8.